The SMILES string of the molecule is O=Cc1cccn2c(Cc3ccc(C(F)(F)F)cc3)nnc12. The molecule has 1 aromatic carbocycles. The first-order valence-electron chi connectivity index (χ1n) is 6.43. The molecule has 0 amide bonds. The summed E-state index contributed by atoms with van der Waals surface area (Å²) in [6.07, 6.45) is -1.63. The maximum Gasteiger partial charge on any atom is 0.416 e. The highest BCUT2D eigenvalue weighted by Gasteiger charge is 2.29. The van der Waals surface area contributed by atoms with E-state index in [1.54, 1.807) is 22.7 Å². The summed E-state index contributed by atoms with van der Waals surface area (Å²) in [5.41, 5.74) is 0.831. The Morgan fingerprint density at radius 3 is 2.45 bits per heavy atom. The maximum atomic E-state index is 12.5. The number of benzene rings is 1. The molecular formula is C15H10F3N3O. The van der Waals surface area contributed by atoms with E-state index in [1.165, 1.54) is 12.1 Å². The van der Waals surface area contributed by atoms with Gasteiger partial charge in [-0.05, 0) is 29.8 Å². The van der Waals surface area contributed by atoms with Crippen LogP contribution >= 0.6 is 0 Å². The zero-order chi connectivity index (χ0) is 15.7. The van der Waals surface area contributed by atoms with Crippen LogP contribution in [0.15, 0.2) is 42.6 Å². The Morgan fingerprint density at radius 1 is 1.09 bits per heavy atom. The molecule has 0 saturated carbocycles. The Hall–Kier alpha value is -2.70. The Kier molecular flexibility index (Phi) is 3.40. The van der Waals surface area contributed by atoms with Gasteiger partial charge in [0.15, 0.2) is 11.9 Å². The van der Waals surface area contributed by atoms with E-state index in [-0.39, 0.29) is 0 Å². The molecule has 112 valence electrons. The predicted molar refractivity (Wildman–Crippen MR) is 72.6 cm³/mol. The molecule has 3 aromatic rings. The minimum Gasteiger partial charge on any atom is -0.298 e. The first kappa shape index (κ1) is 14.2. The third-order valence-electron chi connectivity index (χ3n) is 3.31. The molecule has 0 N–H and O–H groups in total. The van der Waals surface area contributed by atoms with Crippen molar-refractivity contribution in [2.45, 2.75) is 12.6 Å². The summed E-state index contributed by atoms with van der Waals surface area (Å²) in [6, 6.07) is 8.21. The molecule has 22 heavy (non-hydrogen) atoms. The van der Waals surface area contributed by atoms with Crippen molar-refractivity contribution in [2.24, 2.45) is 0 Å². The second-order valence-corrected chi connectivity index (χ2v) is 4.76. The van der Waals surface area contributed by atoms with Crippen molar-refractivity contribution in [3.8, 4) is 0 Å². The number of carbonyl (C=O) groups excluding carboxylic acids is 1. The van der Waals surface area contributed by atoms with E-state index >= 15 is 0 Å². The molecule has 0 saturated heterocycles. The maximum absolute atomic E-state index is 12.5. The number of alkyl halides is 3. The van der Waals surface area contributed by atoms with Crippen LogP contribution in [0.5, 0.6) is 0 Å². The van der Waals surface area contributed by atoms with Crippen LogP contribution in [0.4, 0.5) is 13.2 Å². The fourth-order valence-electron chi connectivity index (χ4n) is 2.19. The van der Waals surface area contributed by atoms with Crippen molar-refractivity contribution in [1.82, 2.24) is 14.6 Å². The van der Waals surface area contributed by atoms with Crippen molar-refractivity contribution in [2.75, 3.05) is 0 Å². The van der Waals surface area contributed by atoms with E-state index in [0.29, 0.717) is 35.3 Å². The average Bonchev–Trinajstić information content (AvgIpc) is 2.90. The molecule has 0 spiro atoms. The van der Waals surface area contributed by atoms with Gasteiger partial charge in [-0.1, -0.05) is 12.1 Å². The summed E-state index contributed by atoms with van der Waals surface area (Å²) in [5.74, 6) is 0.554. The normalized spacial score (nSPS) is 11.8. The lowest BCUT2D eigenvalue weighted by atomic mass is 10.1. The number of fused-ring (bicyclic) bond motifs is 1. The molecule has 3 rings (SSSR count). The highest BCUT2D eigenvalue weighted by atomic mass is 19.4. The molecule has 0 aliphatic carbocycles. The Balaban J connectivity index is 1.92. The molecule has 0 atom stereocenters. The first-order chi connectivity index (χ1) is 10.5. The molecule has 0 aliphatic heterocycles. The van der Waals surface area contributed by atoms with Gasteiger partial charge < -0.3 is 0 Å². The van der Waals surface area contributed by atoms with Crippen molar-refractivity contribution < 1.29 is 18.0 Å². The number of halogens is 3. The number of hydrogen-bond acceptors (Lipinski definition) is 3. The summed E-state index contributed by atoms with van der Waals surface area (Å²) in [6.45, 7) is 0. The van der Waals surface area contributed by atoms with Gasteiger partial charge in [0.2, 0.25) is 0 Å². The van der Waals surface area contributed by atoms with Gasteiger partial charge in [-0.15, -0.1) is 10.2 Å². The Bertz CT molecular complexity index is 822. The van der Waals surface area contributed by atoms with E-state index < -0.39 is 11.7 Å². The Morgan fingerprint density at radius 2 is 1.82 bits per heavy atom. The number of carbonyl (C=O) groups is 1. The third kappa shape index (κ3) is 2.57. The fraction of sp³-hybridized carbons (Fsp3) is 0.133. The smallest absolute Gasteiger partial charge is 0.298 e. The summed E-state index contributed by atoms with van der Waals surface area (Å²) in [4.78, 5) is 10.9. The van der Waals surface area contributed by atoms with E-state index in [1.807, 2.05) is 0 Å². The highest BCUT2D eigenvalue weighted by Crippen LogP contribution is 2.29. The molecule has 0 fully saturated rings. The lowest BCUT2D eigenvalue weighted by Crippen LogP contribution is -2.05. The Labute approximate surface area is 123 Å². The van der Waals surface area contributed by atoms with Gasteiger partial charge in [0.05, 0.1) is 11.1 Å². The van der Waals surface area contributed by atoms with Crippen molar-refractivity contribution in [1.29, 1.82) is 0 Å². The van der Waals surface area contributed by atoms with Crippen LogP contribution in [-0.4, -0.2) is 20.9 Å². The van der Waals surface area contributed by atoms with Gasteiger partial charge in [-0.2, -0.15) is 13.2 Å². The van der Waals surface area contributed by atoms with E-state index in [9.17, 15) is 18.0 Å². The monoisotopic (exact) mass is 305 g/mol. The van der Waals surface area contributed by atoms with Gasteiger partial charge in [-0.3, -0.25) is 9.20 Å². The predicted octanol–water partition coefficient (Wildman–Crippen LogP) is 3.15. The van der Waals surface area contributed by atoms with Gasteiger partial charge in [0.25, 0.3) is 0 Å². The van der Waals surface area contributed by atoms with Crippen molar-refractivity contribution in [3.05, 3.63) is 65.1 Å². The number of aromatic nitrogens is 3. The lowest BCUT2D eigenvalue weighted by Gasteiger charge is -2.07. The lowest BCUT2D eigenvalue weighted by molar-refractivity contribution is -0.137. The molecule has 2 aromatic heterocycles. The summed E-state index contributed by atoms with van der Waals surface area (Å²) >= 11 is 0. The van der Waals surface area contributed by atoms with E-state index in [0.717, 1.165) is 12.1 Å². The number of pyridine rings is 1. The molecule has 0 radical (unpaired) electrons. The van der Waals surface area contributed by atoms with Crippen LogP contribution in [0.3, 0.4) is 0 Å². The molecule has 4 nitrogen and oxygen atoms in total. The summed E-state index contributed by atoms with van der Waals surface area (Å²) in [5, 5.41) is 7.95. The molecule has 7 heteroatoms. The quantitative estimate of drug-likeness (QED) is 0.698. The largest absolute Gasteiger partial charge is 0.416 e. The second kappa shape index (κ2) is 5.25. The first-order valence-corrected chi connectivity index (χ1v) is 6.43. The molecule has 0 bridgehead atoms. The van der Waals surface area contributed by atoms with Crippen molar-refractivity contribution in [3.63, 3.8) is 0 Å². The minimum absolute atomic E-state index is 0.321. The molecule has 2 heterocycles. The van der Waals surface area contributed by atoms with Crippen LogP contribution in [0, 0.1) is 0 Å². The zero-order valence-corrected chi connectivity index (χ0v) is 11.2. The number of rotatable bonds is 3. The topological polar surface area (TPSA) is 47.3 Å². The zero-order valence-electron chi connectivity index (χ0n) is 11.2. The van der Waals surface area contributed by atoms with E-state index in [4.69, 9.17) is 0 Å². The van der Waals surface area contributed by atoms with Crippen LogP contribution in [-0.2, 0) is 12.6 Å². The fourth-order valence-corrected chi connectivity index (χ4v) is 2.19. The minimum atomic E-state index is -4.35. The van der Waals surface area contributed by atoms with Crippen molar-refractivity contribution >= 4 is 11.9 Å². The number of hydrogen-bond donors (Lipinski definition) is 0. The third-order valence-corrected chi connectivity index (χ3v) is 3.31. The number of aldehydes is 1. The summed E-state index contributed by atoms with van der Waals surface area (Å²) in [7, 11) is 0. The second-order valence-electron chi connectivity index (χ2n) is 4.76. The molecule has 0 unspecified atom stereocenters. The highest BCUT2D eigenvalue weighted by molar-refractivity contribution is 5.83. The van der Waals surface area contributed by atoms with Gasteiger partial charge in [0, 0.05) is 12.6 Å². The standard InChI is InChI=1S/C15H10F3N3O/c16-15(17,18)12-5-3-10(4-6-12)8-13-19-20-14-11(9-22)2-1-7-21(13)14/h1-7,9H,8H2. The van der Waals surface area contributed by atoms with E-state index in [2.05, 4.69) is 10.2 Å². The van der Waals surface area contributed by atoms with Crippen LogP contribution in [0.1, 0.15) is 27.3 Å². The summed E-state index contributed by atoms with van der Waals surface area (Å²) < 4.78 is 39.2. The molecule has 0 aliphatic rings. The number of nitrogens with zero attached hydrogens (tertiary/aromatic N) is 3. The van der Waals surface area contributed by atoms with Gasteiger partial charge >= 0.3 is 6.18 Å². The van der Waals surface area contributed by atoms with Crippen LogP contribution < -0.4 is 0 Å². The molecular weight excluding hydrogens is 295 g/mol. The van der Waals surface area contributed by atoms with Gasteiger partial charge in [0.1, 0.15) is 5.82 Å². The van der Waals surface area contributed by atoms with Crippen LogP contribution in [0.2, 0.25) is 0 Å². The van der Waals surface area contributed by atoms with Gasteiger partial charge in [-0.25, -0.2) is 0 Å². The van der Waals surface area contributed by atoms with Crippen LogP contribution in [0.25, 0.3) is 5.65 Å². The average molecular weight is 305 g/mol.